The Bertz CT molecular complexity index is 1620. The van der Waals surface area contributed by atoms with Crippen molar-refractivity contribution in [3.63, 3.8) is 0 Å². The van der Waals surface area contributed by atoms with Gasteiger partial charge in [-0.15, -0.1) is 0 Å². The minimum Gasteiger partial charge on any atom is -0.392 e. The average Bonchev–Trinajstić information content (AvgIpc) is 3.34. The van der Waals surface area contributed by atoms with E-state index in [1.165, 1.54) is 10.5 Å². The lowest BCUT2D eigenvalue weighted by Gasteiger charge is -2.40. The molecule has 8 heteroatoms. The van der Waals surface area contributed by atoms with Crippen molar-refractivity contribution in [1.29, 1.82) is 0 Å². The molecule has 1 N–H and O–H groups in total. The minimum atomic E-state index is -0.561. The van der Waals surface area contributed by atoms with E-state index in [9.17, 15) is 14.7 Å². The molecular formula is C38H39N3O5. The number of amides is 2. The Morgan fingerprint density at radius 2 is 1.17 bits per heavy atom. The molecule has 0 aromatic heterocycles. The summed E-state index contributed by atoms with van der Waals surface area (Å²) in [6.45, 7) is 6.01. The molecule has 236 valence electrons. The molecule has 4 aromatic carbocycles. The lowest BCUT2D eigenvalue weighted by molar-refractivity contribution is -0.253. The highest BCUT2D eigenvalue weighted by Crippen LogP contribution is 2.38. The molecule has 3 aliphatic heterocycles. The first kappa shape index (κ1) is 30.5. The fourth-order valence-electron chi connectivity index (χ4n) is 6.64. The Morgan fingerprint density at radius 1 is 0.609 bits per heavy atom. The van der Waals surface area contributed by atoms with Gasteiger partial charge in [0.25, 0.3) is 11.8 Å². The molecule has 7 rings (SSSR count). The number of ether oxygens (including phenoxy) is 2. The van der Waals surface area contributed by atoms with Gasteiger partial charge in [-0.25, -0.2) is 0 Å². The number of carbonyl (C=O) groups is 2. The van der Waals surface area contributed by atoms with Gasteiger partial charge in [-0.1, -0.05) is 91.0 Å². The summed E-state index contributed by atoms with van der Waals surface area (Å²) in [7, 11) is 0. The Labute approximate surface area is 269 Å². The molecule has 2 saturated heterocycles. The lowest BCUT2D eigenvalue weighted by Crippen LogP contribution is -2.49. The Morgan fingerprint density at radius 3 is 1.83 bits per heavy atom. The number of rotatable bonds is 9. The fourth-order valence-corrected chi connectivity index (χ4v) is 6.64. The third-order valence-corrected chi connectivity index (χ3v) is 9.26. The molecule has 3 atom stereocenters. The SMILES string of the molecule is O=C1c2ccccc2C(=O)N1Cc1ccc(C2OC(CN3CCN(Cc4ccccc4)CC3)CC(c3ccc(CO)cc3)O2)cc1. The van der Waals surface area contributed by atoms with E-state index in [1.807, 2.05) is 48.5 Å². The molecule has 4 aromatic rings. The molecule has 0 radical (unpaired) electrons. The van der Waals surface area contributed by atoms with E-state index >= 15 is 0 Å². The van der Waals surface area contributed by atoms with Crippen LogP contribution in [0.15, 0.2) is 103 Å². The van der Waals surface area contributed by atoms with Gasteiger partial charge in [-0.2, -0.15) is 0 Å². The van der Waals surface area contributed by atoms with Gasteiger partial charge in [0.2, 0.25) is 0 Å². The number of benzene rings is 4. The summed E-state index contributed by atoms with van der Waals surface area (Å²) in [5.74, 6) is -0.523. The number of hydrogen-bond acceptors (Lipinski definition) is 7. The summed E-state index contributed by atoms with van der Waals surface area (Å²) in [4.78, 5) is 32.1. The summed E-state index contributed by atoms with van der Waals surface area (Å²) in [6, 6.07) is 33.3. The monoisotopic (exact) mass is 617 g/mol. The lowest BCUT2D eigenvalue weighted by atomic mass is 9.99. The third-order valence-electron chi connectivity index (χ3n) is 9.26. The molecule has 0 aliphatic carbocycles. The molecule has 3 aliphatic rings. The predicted octanol–water partition coefficient (Wildman–Crippen LogP) is 5.34. The van der Waals surface area contributed by atoms with Gasteiger partial charge in [-0.05, 0) is 34.4 Å². The highest BCUT2D eigenvalue weighted by molar-refractivity contribution is 6.21. The van der Waals surface area contributed by atoms with Crippen molar-refractivity contribution in [2.75, 3.05) is 32.7 Å². The first-order valence-corrected chi connectivity index (χ1v) is 16.1. The smallest absolute Gasteiger partial charge is 0.261 e. The van der Waals surface area contributed by atoms with Crippen molar-refractivity contribution in [1.82, 2.24) is 14.7 Å². The molecule has 2 amide bonds. The first-order valence-electron chi connectivity index (χ1n) is 16.1. The molecule has 3 unspecified atom stereocenters. The van der Waals surface area contributed by atoms with E-state index < -0.39 is 6.29 Å². The van der Waals surface area contributed by atoms with Gasteiger partial charge in [0, 0.05) is 51.3 Å². The van der Waals surface area contributed by atoms with Gasteiger partial charge >= 0.3 is 0 Å². The van der Waals surface area contributed by atoms with Crippen LogP contribution in [-0.2, 0) is 29.2 Å². The van der Waals surface area contributed by atoms with Crippen molar-refractivity contribution in [3.05, 3.63) is 142 Å². The highest BCUT2D eigenvalue weighted by atomic mass is 16.7. The van der Waals surface area contributed by atoms with Crippen molar-refractivity contribution >= 4 is 11.8 Å². The molecule has 0 bridgehead atoms. The van der Waals surface area contributed by atoms with Crippen LogP contribution < -0.4 is 0 Å². The summed E-state index contributed by atoms with van der Waals surface area (Å²) in [6.07, 6.45) is -0.0142. The number of carbonyl (C=O) groups excluding carboxylic acids is 2. The quantitative estimate of drug-likeness (QED) is 0.254. The standard InChI is InChI=1S/C38H39N3O5/c42-26-29-12-14-30(15-13-29)35-22-32(25-40-20-18-39(19-21-40)23-27-6-2-1-3-7-27)45-38(46-35)31-16-10-28(11-17-31)24-41-36(43)33-8-4-5-9-34(33)37(41)44/h1-17,32,35,38,42H,18-26H2. The number of aliphatic hydroxyl groups excluding tert-OH is 1. The maximum atomic E-state index is 12.9. The highest BCUT2D eigenvalue weighted by Gasteiger charge is 2.36. The van der Waals surface area contributed by atoms with E-state index in [0.29, 0.717) is 11.1 Å². The maximum Gasteiger partial charge on any atom is 0.261 e. The molecule has 0 saturated carbocycles. The fraction of sp³-hybridized carbons (Fsp3) is 0.316. The Balaban J connectivity index is 1.02. The number of piperazine rings is 1. The van der Waals surface area contributed by atoms with Gasteiger partial charge < -0.3 is 14.6 Å². The predicted molar refractivity (Wildman–Crippen MR) is 174 cm³/mol. The van der Waals surface area contributed by atoms with Gasteiger partial charge in [0.05, 0.1) is 36.5 Å². The topological polar surface area (TPSA) is 82.6 Å². The normalized spacial score (nSPS) is 22.3. The van der Waals surface area contributed by atoms with Crippen molar-refractivity contribution in [3.8, 4) is 0 Å². The Kier molecular flexibility index (Phi) is 9.05. The van der Waals surface area contributed by atoms with Crippen LogP contribution in [0, 0.1) is 0 Å². The first-order chi connectivity index (χ1) is 22.5. The van der Waals surface area contributed by atoms with Crippen LogP contribution in [0.25, 0.3) is 0 Å². The largest absolute Gasteiger partial charge is 0.392 e. The number of imide groups is 1. The van der Waals surface area contributed by atoms with Crippen LogP contribution in [-0.4, -0.2) is 70.4 Å². The van der Waals surface area contributed by atoms with E-state index in [1.54, 1.807) is 24.3 Å². The van der Waals surface area contributed by atoms with Crippen molar-refractivity contribution in [2.24, 2.45) is 0 Å². The summed E-state index contributed by atoms with van der Waals surface area (Å²) in [5, 5.41) is 9.54. The van der Waals surface area contributed by atoms with Gasteiger partial charge in [0.1, 0.15) is 0 Å². The molecule has 0 spiro atoms. The second kappa shape index (κ2) is 13.7. The maximum absolute atomic E-state index is 12.9. The van der Waals surface area contributed by atoms with E-state index in [0.717, 1.165) is 67.9 Å². The van der Waals surface area contributed by atoms with Crippen LogP contribution in [0.3, 0.4) is 0 Å². The molecule has 8 nitrogen and oxygen atoms in total. The Hall–Kier alpha value is -4.18. The van der Waals surface area contributed by atoms with Gasteiger partial charge in [-0.3, -0.25) is 24.3 Å². The summed E-state index contributed by atoms with van der Waals surface area (Å²) >= 11 is 0. The number of hydrogen-bond donors (Lipinski definition) is 1. The zero-order valence-corrected chi connectivity index (χ0v) is 25.8. The molecule has 46 heavy (non-hydrogen) atoms. The van der Waals surface area contributed by atoms with Crippen LogP contribution >= 0.6 is 0 Å². The van der Waals surface area contributed by atoms with E-state index in [4.69, 9.17) is 9.47 Å². The zero-order valence-electron chi connectivity index (χ0n) is 25.8. The zero-order chi connectivity index (χ0) is 31.5. The number of nitrogens with zero attached hydrogens (tertiary/aromatic N) is 3. The molecule has 2 fully saturated rings. The minimum absolute atomic E-state index is 0.00345. The van der Waals surface area contributed by atoms with Crippen LogP contribution in [0.5, 0.6) is 0 Å². The molecular weight excluding hydrogens is 578 g/mol. The van der Waals surface area contributed by atoms with Gasteiger partial charge in [0.15, 0.2) is 6.29 Å². The third kappa shape index (κ3) is 6.67. The second-order valence-electron chi connectivity index (χ2n) is 12.4. The summed E-state index contributed by atoms with van der Waals surface area (Å²) < 4.78 is 13.2. The van der Waals surface area contributed by atoms with E-state index in [-0.39, 0.29) is 37.2 Å². The number of fused-ring (bicyclic) bond motifs is 1. The van der Waals surface area contributed by atoms with Crippen LogP contribution in [0.4, 0.5) is 0 Å². The molecule has 3 heterocycles. The van der Waals surface area contributed by atoms with Crippen LogP contribution in [0.2, 0.25) is 0 Å². The van der Waals surface area contributed by atoms with Crippen molar-refractivity contribution in [2.45, 2.75) is 44.6 Å². The van der Waals surface area contributed by atoms with Crippen LogP contribution in [0.1, 0.15) is 67.3 Å². The summed E-state index contributed by atoms with van der Waals surface area (Å²) in [5.41, 5.74) is 5.92. The van der Waals surface area contributed by atoms with E-state index in [2.05, 4.69) is 40.1 Å². The van der Waals surface area contributed by atoms with Crippen molar-refractivity contribution < 1.29 is 24.2 Å². The second-order valence-corrected chi connectivity index (χ2v) is 12.4. The number of aliphatic hydroxyl groups is 1. The average molecular weight is 618 g/mol.